The molecule has 3 fully saturated rings. The monoisotopic (exact) mass is 377 g/mol. The van der Waals surface area contributed by atoms with E-state index in [1.54, 1.807) is 0 Å². The molecule has 0 aromatic carbocycles. The van der Waals surface area contributed by atoms with Gasteiger partial charge in [0.1, 0.15) is 12.2 Å². The molecule has 0 spiro atoms. The van der Waals surface area contributed by atoms with Gasteiger partial charge in [0.15, 0.2) is 0 Å². The lowest BCUT2D eigenvalue weighted by atomic mass is 9.65. The standard InChI is InChI=1S/C23H39NO3/c1-5-21-19-9-7-6-8-18(19)10-11-24(21)27-23(26)20(14-25)22-16(3)12-15(2)13-17(22)4/h14-22H,5-13H2,1-4H3. The molecule has 1 heterocycles. The van der Waals surface area contributed by atoms with E-state index in [9.17, 15) is 9.59 Å². The van der Waals surface area contributed by atoms with Crippen molar-refractivity contribution in [3.05, 3.63) is 0 Å². The Morgan fingerprint density at radius 2 is 1.78 bits per heavy atom. The van der Waals surface area contributed by atoms with Crippen molar-refractivity contribution in [1.82, 2.24) is 5.06 Å². The van der Waals surface area contributed by atoms with E-state index in [2.05, 4.69) is 27.7 Å². The van der Waals surface area contributed by atoms with Crippen LogP contribution in [-0.4, -0.2) is 29.9 Å². The van der Waals surface area contributed by atoms with Crippen LogP contribution in [0.2, 0.25) is 0 Å². The van der Waals surface area contributed by atoms with Crippen molar-refractivity contribution < 1.29 is 14.4 Å². The average Bonchev–Trinajstić information content (AvgIpc) is 2.64. The summed E-state index contributed by atoms with van der Waals surface area (Å²) in [7, 11) is 0. The molecule has 6 unspecified atom stereocenters. The van der Waals surface area contributed by atoms with Gasteiger partial charge in [-0.2, -0.15) is 0 Å². The summed E-state index contributed by atoms with van der Waals surface area (Å²) in [6, 6.07) is 0.321. The predicted molar refractivity (Wildman–Crippen MR) is 107 cm³/mol. The molecule has 4 nitrogen and oxygen atoms in total. The van der Waals surface area contributed by atoms with Gasteiger partial charge in [0.25, 0.3) is 0 Å². The molecule has 3 aliphatic rings. The summed E-state index contributed by atoms with van der Waals surface area (Å²) in [6.07, 6.45) is 10.4. The SMILES string of the molecule is CCC1C2CCCCC2CCN1OC(=O)C(C=O)C1C(C)CC(C)CC1C. The highest BCUT2D eigenvalue weighted by Crippen LogP contribution is 2.43. The molecule has 0 amide bonds. The molecule has 0 aromatic rings. The molecular formula is C23H39NO3. The highest BCUT2D eigenvalue weighted by Gasteiger charge is 2.44. The molecular weight excluding hydrogens is 338 g/mol. The fourth-order valence-corrected chi connectivity index (χ4v) is 6.82. The van der Waals surface area contributed by atoms with Crippen molar-refractivity contribution in [3.8, 4) is 0 Å². The summed E-state index contributed by atoms with van der Waals surface area (Å²) in [5.41, 5.74) is 0. The first-order valence-corrected chi connectivity index (χ1v) is 11.4. The van der Waals surface area contributed by atoms with Crippen LogP contribution in [0.5, 0.6) is 0 Å². The second kappa shape index (κ2) is 9.07. The minimum Gasteiger partial charge on any atom is -0.367 e. The van der Waals surface area contributed by atoms with E-state index in [-0.39, 0.29) is 11.9 Å². The molecule has 4 heteroatoms. The third-order valence-corrected chi connectivity index (χ3v) is 7.87. The van der Waals surface area contributed by atoms with E-state index in [0.29, 0.717) is 29.7 Å². The lowest BCUT2D eigenvalue weighted by molar-refractivity contribution is -0.228. The van der Waals surface area contributed by atoms with Gasteiger partial charge < -0.3 is 9.63 Å². The second-order valence-electron chi connectivity index (χ2n) is 9.79. The fourth-order valence-electron chi connectivity index (χ4n) is 6.82. The van der Waals surface area contributed by atoms with Crippen LogP contribution < -0.4 is 0 Å². The summed E-state index contributed by atoms with van der Waals surface area (Å²) in [5.74, 6) is 2.06. The first-order chi connectivity index (χ1) is 13.0. The lowest BCUT2D eigenvalue weighted by Gasteiger charge is -2.46. The Bertz CT molecular complexity index is 510. The van der Waals surface area contributed by atoms with E-state index in [1.165, 1.54) is 25.7 Å². The van der Waals surface area contributed by atoms with Crippen molar-refractivity contribution in [1.29, 1.82) is 0 Å². The molecule has 0 bridgehead atoms. The van der Waals surface area contributed by atoms with E-state index in [0.717, 1.165) is 44.4 Å². The molecule has 0 N–H and O–H groups in total. The van der Waals surface area contributed by atoms with Gasteiger partial charge in [-0.15, -0.1) is 5.06 Å². The third kappa shape index (κ3) is 4.41. The van der Waals surface area contributed by atoms with Crippen molar-refractivity contribution in [2.75, 3.05) is 6.54 Å². The van der Waals surface area contributed by atoms with Gasteiger partial charge in [0.2, 0.25) is 0 Å². The van der Waals surface area contributed by atoms with Crippen LogP contribution in [-0.2, 0) is 14.4 Å². The van der Waals surface area contributed by atoms with E-state index in [1.807, 2.05) is 5.06 Å². The molecule has 27 heavy (non-hydrogen) atoms. The largest absolute Gasteiger partial charge is 0.367 e. The summed E-state index contributed by atoms with van der Waals surface area (Å²) in [5, 5.41) is 1.95. The molecule has 1 saturated heterocycles. The number of fused-ring (bicyclic) bond motifs is 1. The fraction of sp³-hybridized carbons (Fsp3) is 0.913. The number of hydrogen-bond acceptors (Lipinski definition) is 4. The van der Waals surface area contributed by atoms with Crippen molar-refractivity contribution in [3.63, 3.8) is 0 Å². The number of carbonyl (C=O) groups is 2. The number of aldehydes is 1. The van der Waals surface area contributed by atoms with Crippen LogP contribution in [0.1, 0.15) is 79.1 Å². The molecule has 2 aliphatic carbocycles. The van der Waals surface area contributed by atoms with Gasteiger partial charge in [-0.05, 0) is 67.6 Å². The van der Waals surface area contributed by atoms with Crippen LogP contribution in [0.4, 0.5) is 0 Å². The molecule has 1 aliphatic heterocycles. The summed E-state index contributed by atoms with van der Waals surface area (Å²) in [6.45, 7) is 9.69. The summed E-state index contributed by atoms with van der Waals surface area (Å²) in [4.78, 5) is 30.9. The minimum absolute atomic E-state index is 0.110. The molecule has 3 rings (SSSR count). The Morgan fingerprint density at radius 3 is 2.41 bits per heavy atom. The quantitative estimate of drug-likeness (QED) is 0.506. The van der Waals surface area contributed by atoms with E-state index < -0.39 is 5.92 Å². The number of nitrogens with zero attached hydrogens (tertiary/aromatic N) is 1. The number of piperidine rings is 1. The molecule has 0 aromatic heterocycles. The topological polar surface area (TPSA) is 46.6 Å². The first kappa shape index (κ1) is 20.8. The van der Waals surface area contributed by atoms with Crippen molar-refractivity contribution in [2.45, 2.75) is 85.1 Å². The molecule has 154 valence electrons. The Balaban J connectivity index is 1.68. The van der Waals surface area contributed by atoms with Crippen LogP contribution in [0.3, 0.4) is 0 Å². The van der Waals surface area contributed by atoms with Crippen molar-refractivity contribution >= 4 is 12.3 Å². The van der Waals surface area contributed by atoms with Crippen LogP contribution in [0, 0.1) is 41.4 Å². The zero-order valence-electron chi connectivity index (χ0n) is 17.7. The maximum atomic E-state index is 13.0. The van der Waals surface area contributed by atoms with E-state index in [4.69, 9.17) is 4.84 Å². The van der Waals surface area contributed by atoms with Gasteiger partial charge in [0, 0.05) is 12.6 Å². The highest BCUT2D eigenvalue weighted by molar-refractivity contribution is 5.88. The molecule has 6 atom stereocenters. The second-order valence-corrected chi connectivity index (χ2v) is 9.79. The lowest BCUT2D eigenvalue weighted by Crippen LogP contribution is -2.51. The zero-order valence-corrected chi connectivity index (χ0v) is 17.7. The predicted octanol–water partition coefficient (Wildman–Crippen LogP) is 4.87. The zero-order chi connectivity index (χ0) is 19.6. The number of hydroxylamine groups is 2. The van der Waals surface area contributed by atoms with Crippen LogP contribution >= 0.6 is 0 Å². The van der Waals surface area contributed by atoms with Gasteiger partial charge in [0.05, 0.1) is 0 Å². The van der Waals surface area contributed by atoms with Gasteiger partial charge in [-0.25, -0.2) is 4.79 Å². The van der Waals surface area contributed by atoms with E-state index >= 15 is 0 Å². The average molecular weight is 378 g/mol. The van der Waals surface area contributed by atoms with Gasteiger partial charge >= 0.3 is 5.97 Å². The Labute approximate surface area is 165 Å². The maximum Gasteiger partial charge on any atom is 0.335 e. The molecule has 0 radical (unpaired) electrons. The maximum absolute atomic E-state index is 13.0. The Morgan fingerprint density at radius 1 is 1.11 bits per heavy atom. The smallest absolute Gasteiger partial charge is 0.335 e. The first-order valence-electron chi connectivity index (χ1n) is 11.4. The summed E-state index contributed by atoms with van der Waals surface area (Å²) >= 11 is 0. The minimum atomic E-state index is -0.621. The van der Waals surface area contributed by atoms with Crippen LogP contribution in [0.15, 0.2) is 0 Å². The Hall–Kier alpha value is -0.900. The number of rotatable bonds is 5. The highest BCUT2D eigenvalue weighted by atomic mass is 16.7. The molecule has 2 saturated carbocycles. The van der Waals surface area contributed by atoms with Gasteiger partial charge in [-0.3, -0.25) is 0 Å². The third-order valence-electron chi connectivity index (χ3n) is 7.87. The number of hydrogen-bond donors (Lipinski definition) is 0. The Kier molecular flexibility index (Phi) is 6.99. The number of carbonyl (C=O) groups excluding carboxylic acids is 2. The van der Waals surface area contributed by atoms with Gasteiger partial charge in [-0.1, -0.05) is 47.0 Å². The summed E-state index contributed by atoms with van der Waals surface area (Å²) < 4.78 is 0. The normalized spacial score (nSPS) is 41.4. The van der Waals surface area contributed by atoms with Crippen molar-refractivity contribution in [2.24, 2.45) is 41.4 Å². The van der Waals surface area contributed by atoms with Crippen LogP contribution in [0.25, 0.3) is 0 Å².